The fraction of sp³-hybridized carbons (Fsp3) is 0.235. The lowest BCUT2D eigenvalue weighted by Gasteiger charge is -2.13. The van der Waals surface area contributed by atoms with Crippen molar-refractivity contribution in [1.82, 2.24) is 15.0 Å². The number of thiazole rings is 1. The van der Waals surface area contributed by atoms with Crippen LogP contribution in [0.3, 0.4) is 0 Å². The normalized spacial score (nSPS) is 11.6. The average molecular weight is 325 g/mol. The highest BCUT2D eigenvalue weighted by Gasteiger charge is 2.23. The van der Waals surface area contributed by atoms with Crippen molar-refractivity contribution in [3.05, 3.63) is 41.5 Å². The molecule has 1 aromatic carbocycles. The zero-order chi connectivity index (χ0) is 16.6. The van der Waals surface area contributed by atoms with Crippen LogP contribution in [0.2, 0.25) is 0 Å². The van der Waals surface area contributed by atoms with Crippen LogP contribution in [0.5, 0.6) is 0 Å². The summed E-state index contributed by atoms with van der Waals surface area (Å²) in [7, 11) is 0. The zero-order valence-electron chi connectivity index (χ0n) is 13.4. The van der Waals surface area contributed by atoms with Gasteiger partial charge in [-0.2, -0.15) is 0 Å². The maximum absolute atomic E-state index is 5.94. The molecule has 2 heterocycles. The first-order chi connectivity index (χ1) is 10.8. The molecule has 0 spiro atoms. The molecule has 4 N–H and O–H groups in total. The third-order valence-electron chi connectivity index (χ3n) is 3.33. The monoisotopic (exact) mass is 325 g/mol. The van der Waals surface area contributed by atoms with Crippen molar-refractivity contribution in [2.45, 2.75) is 26.2 Å². The Hall–Kier alpha value is -2.47. The third kappa shape index (κ3) is 3.17. The summed E-state index contributed by atoms with van der Waals surface area (Å²) < 4.78 is 0. The summed E-state index contributed by atoms with van der Waals surface area (Å²) in [5, 5.41) is 1.04. The predicted molar refractivity (Wildman–Crippen MR) is 96.1 cm³/mol. The van der Waals surface area contributed by atoms with Crippen LogP contribution >= 0.6 is 11.3 Å². The molecule has 23 heavy (non-hydrogen) atoms. The quantitative estimate of drug-likeness (QED) is 0.701. The van der Waals surface area contributed by atoms with Crippen LogP contribution in [0.25, 0.3) is 21.8 Å². The Bertz CT molecular complexity index is 785. The van der Waals surface area contributed by atoms with Gasteiger partial charge >= 0.3 is 0 Å². The second-order valence-corrected chi connectivity index (χ2v) is 7.37. The first-order valence-corrected chi connectivity index (χ1v) is 8.12. The van der Waals surface area contributed by atoms with E-state index in [2.05, 4.69) is 30.7 Å². The first kappa shape index (κ1) is 15.4. The molecule has 3 rings (SSSR count). The minimum absolute atomic E-state index is 0.0451. The van der Waals surface area contributed by atoms with E-state index in [0.29, 0.717) is 0 Å². The Kier molecular flexibility index (Phi) is 3.77. The summed E-state index contributed by atoms with van der Waals surface area (Å²) in [6.07, 6.45) is 1.65. The Balaban J connectivity index is 2.23. The lowest BCUT2D eigenvalue weighted by molar-refractivity contribution is 0.586. The van der Waals surface area contributed by atoms with Crippen LogP contribution in [0.4, 0.5) is 11.6 Å². The van der Waals surface area contributed by atoms with E-state index >= 15 is 0 Å². The molecule has 0 radical (unpaired) electrons. The summed E-state index contributed by atoms with van der Waals surface area (Å²) >= 11 is 1.66. The standard InChI is InChI=1S/C17H19N5S/c1-17(2,3)15-22-13(12-7-8-20-16(19)21-12)14(23-15)10-5-4-6-11(18)9-10/h4-9H,18H2,1-3H3,(H2,19,20,21). The third-order valence-corrected chi connectivity index (χ3v) is 4.86. The number of hydrogen-bond acceptors (Lipinski definition) is 6. The molecule has 0 amide bonds. The van der Waals surface area contributed by atoms with Gasteiger partial charge in [0.2, 0.25) is 5.95 Å². The molecule has 0 atom stereocenters. The van der Waals surface area contributed by atoms with Crippen molar-refractivity contribution in [2.24, 2.45) is 0 Å². The second-order valence-electron chi connectivity index (χ2n) is 6.37. The molecule has 0 unspecified atom stereocenters. The number of benzene rings is 1. The van der Waals surface area contributed by atoms with E-state index in [1.165, 1.54) is 0 Å². The number of aromatic nitrogens is 3. The van der Waals surface area contributed by atoms with Gasteiger partial charge in [-0.25, -0.2) is 15.0 Å². The molecule has 2 aromatic heterocycles. The topological polar surface area (TPSA) is 90.7 Å². The largest absolute Gasteiger partial charge is 0.399 e. The number of nitrogens with zero attached hydrogens (tertiary/aromatic N) is 3. The molecule has 6 heteroatoms. The Morgan fingerprint density at radius 2 is 1.83 bits per heavy atom. The maximum Gasteiger partial charge on any atom is 0.220 e. The molecule has 0 bridgehead atoms. The van der Waals surface area contributed by atoms with Gasteiger partial charge in [-0.15, -0.1) is 11.3 Å². The molecule has 0 saturated carbocycles. The van der Waals surface area contributed by atoms with Gasteiger partial charge in [0.25, 0.3) is 0 Å². The Labute approximate surface area is 139 Å². The van der Waals surface area contributed by atoms with Gasteiger partial charge < -0.3 is 11.5 Å². The van der Waals surface area contributed by atoms with Crippen LogP contribution < -0.4 is 11.5 Å². The van der Waals surface area contributed by atoms with Crippen molar-refractivity contribution >= 4 is 23.0 Å². The fourth-order valence-electron chi connectivity index (χ4n) is 2.20. The molecular formula is C17H19N5S. The van der Waals surface area contributed by atoms with Crippen molar-refractivity contribution in [3.8, 4) is 21.8 Å². The molecule has 0 aliphatic rings. The van der Waals surface area contributed by atoms with Gasteiger partial charge in [0.15, 0.2) is 0 Å². The smallest absolute Gasteiger partial charge is 0.220 e. The zero-order valence-corrected chi connectivity index (χ0v) is 14.2. The summed E-state index contributed by atoms with van der Waals surface area (Å²) in [5.41, 5.74) is 14.9. The Morgan fingerprint density at radius 3 is 2.48 bits per heavy atom. The highest BCUT2D eigenvalue weighted by atomic mass is 32.1. The molecule has 0 fully saturated rings. The SMILES string of the molecule is CC(C)(C)c1nc(-c2ccnc(N)n2)c(-c2cccc(N)c2)s1. The van der Waals surface area contributed by atoms with Gasteiger partial charge in [-0.05, 0) is 23.8 Å². The number of rotatable bonds is 2. The molecule has 5 nitrogen and oxygen atoms in total. The van der Waals surface area contributed by atoms with Crippen molar-refractivity contribution in [1.29, 1.82) is 0 Å². The minimum Gasteiger partial charge on any atom is -0.399 e. The minimum atomic E-state index is -0.0451. The van der Waals surface area contributed by atoms with Crippen LogP contribution in [-0.4, -0.2) is 15.0 Å². The molecular weight excluding hydrogens is 306 g/mol. The van der Waals surface area contributed by atoms with Gasteiger partial charge in [0, 0.05) is 17.3 Å². The molecule has 0 aliphatic carbocycles. The van der Waals surface area contributed by atoms with Crippen molar-refractivity contribution < 1.29 is 0 Å². The van der Waals surface area contributed by atoms with E-state index in [-0.39, 0.29) is 11.4 Å². The number of nitrogen functional groups attached to an aromatic ring is 2. The first-order valence-electron chi connectivity index (χ1n) is 7.31. The van der Waals surface area contributed by atoms with Crippen LogP contribution in [0.15, 0.2) is 36.5 Å². The van der Waals surface area contributed by atoms with Gasteiger partial charge in [0.1, 0.15) is 5.69 Å². The lowest BCUT2D eigenvalue weighted by Crippen LogP contribution is -2.10. The summed E-state index contributed by atoms with van der Waals surface area (Å²) in [6, 6.07) is 9.63. The predicted octanol–water partition coefficient (Wildman–Crippen LogP) is 3.73. The van der Waals surface area contributed by atoms with Gasteiger partial charge in [-0.1, -0.05) is 32.9 Å². The van der Waals surface area contributed by atoms with Crippen molar-refractivity contribution in [3.63, 3.8) is 0 Å². The molecule has 0 saturated heterocycles. The number of anilines is 2. The lowest BCUT2D eigenvalue weighted by atomic mass is 9.98. The van der Waals surface area contributed by atoms with E-state index in [4.69, 9.17) is 16.5 Å². The van der Waals surface area contributed by atoms with E-state index < -0.39 is 0 Å². The summed E-state index contributed by atoms with van der Waals surface area (Å²) in [6.45, 7) is 6.44. The number of hydrogen-bond donors (Lipinski definition) is 2. The van der Waals surface area contributed by atoms with Crippen LogP contribution in [0.1, 0.15) is 25.8 Å². The second kappa shape index (κ2) is 5.62. The molecule has 118 valence electrons. The van der Waals surface area contributed by atoms with E-state index in [1.54, 1.807) is 17.5 Å². The van der Waals surface area contributed by atoms with Crippen molar-refractivity contribution in [2.75, 3.05) is 11.5 Å². The Morgan fingerprint density at radius 1 is 1.04 bits per heavy atom. The van der Waals surface area contributed by atoms with Gasteiger partial charge in [-0.3, -0.25) is 0 Å². The molecule has 3 aromatic rings. The summed E-state index contributed by atoms with van der Waals surface area (Å²) in [5.74, 6) is 0.242. The van der Waals surface area contributed by atoms with Gasteiger partial charge in [0.05, 0.1) is 15.6 Å². The van der Waals surface area contributed by atoms with E-state index in [9.17, 15) is 0 Å². The average Bonchev–Trinajstić information content (AvgIpc) is 2.92. The van der Waals surface area contributed by atoms with E-state index in [0.717, 1.165) is 32.5 Å². The highest BCUT2D eigenvalue weighted by Crippen LogP contribution is 2.40. The fourth-order valence-corrected chi connectivity index (χ4v) is 3.32. The van der Waals surface area contributed by atoms with Crippen LogP contribution in [-0.2, 0) is 5.41 Å². The number of nitrogens with two attached hydrogens (primary N) is 2. The highest BCUT2D eigenvalue weighted by molar-refractivity contribution is 7.15. The maximum atomic E-state index is 5.94. The summed E-state index contributed by atoms with van der Waals surface area (Å²) in [4.78, 5) is 14.2. The van der Waals surface area contributed by atoms with E-state index in [1.807, 2.05) is 30.3 Å². The van der Waals surface area contributed by atoms with Crippen LogP contribution in [0, 0.1) is 0 Å². The molecule has 0 aliphatic heterocycles.